The predicted molar refractivity (Wildman–Crippen MR) is 122 cm³/mol. The van der Waals surface area contributed by atoms with E-state index in [1.165, 1.54) is 6.92 Å². The van der Waals surface area contributed by atoms with Gasteiger partial charge >= 0.3 is 6.09 Å². The molecule has 2 amide bonds. The van der Waals surface area contributed by atoms with Gasteiger partial charge in [0.05, 0.1) is 23.5 Å². The summed E-state index contributed by atoms with van der Waals surface area (Å²) in [5.41, 5.74) is 3.45. The Morgan fingerprint density at radius 1 is 1.26 bits per heavy atom. The Hall–Kier alpha value is -3.09. The Morgan fingerprint density at radius 3 is 2.58 bits per heavy atom. The first-order valence-corrected chi connectivity index (χ1v) is 10.9. The lowest BCUT2D eigenvalue weighted by Crippen LogP contribution is -2.48. The highest BCUT2D eigenvalue weighted by molar-refractivity contribution is 5.91. The molecule has 1 aromatic carbocycles. The van der Waals surface area contributed by atoms with Crippen LogP contribution in [0.1, 0.15) is 63.4 Å². The molecule has 7 nitrogen and oxygen atoms in total. The number of benzene rings is 1. The molecule has 0 unspecified atom stereocenters. The molecular formula is C24H32N4O3. The second-order valence-corrected chi connectivity index (χ2v) is 8.25. The molecular weight excluding hydrogens is 392 g/mol. The number of carbonyl (C=O) groups excluding carboxylic acids is 2. The molecule has 166 valence electrons. The van der Waals surface area contributed by atoms with Crippen molar-refractivity contribution in [1.29, 1.82) is 0 Å². The summed E-state index contributed by atoms with van der Waals surface area (Å²) in [4.78, 5) is 31.4. The first-order chi connectivity index (χ1) is 14.8. The molecule has 0 saturated carbocycles. The van der Waals surface area contributed by atoms with Gasteiger partial charge in [-0.2, -0.15) is 0 Å². The first-order valence-electron chi connectivity index (χ1n) is 10.9. The summed E-state index contributed by atoms with van der Waals surface area (Å²) < 4.78 is 5.53. The highest BCUT2D eigenvalue weighted by Crippen LogP contribution is 2.39. The molecule has 31 heavy (non-hydrogen) atoms. The van der Waals surface area contributed by atoms with Crippen LogP contribution in [-0.4, -0.2) is 29.1 Å². The van der Waals surface area contributed by atoms with Crippen LogP contribution in [0.2, 0.25) is 0 Å². The number of aryl methyl sites for hydroxylation is 1. The number of nitrogens with zero attached hydrogens (tertiary/aromatic N) is 2. The van der Waals surface area contributed by atoms with Gasteiger partial charge in [-0.05, 0) is 50.8 Å². The molecule has 2 aromatic rings. The fourth-order valence-corrected chi connectivity index (χ4v) is 3.94. The van der Waals surface area contributed by atoms with Crippen LogP contribution in [-0.2, 0) is 16.1 Å². The summed E-state index contributed by atoms with van der Waals surface area (Å²) in [5, 5.41) is 6.41. The van der Waals surface area contributed by atoms with Gasteiger partial charge in [-0.1, -0.05) is 37.3 Å². The smallest absolute Gasteiger partial charge is 0.414 e. The largest absolute Gasteiger partial charge is 0.446 e. The maximum Gasteiger partial charge on any atom is 0.414 e. The van der Waals surface area contributed by atoms with Gasteiger partial charge in [0, 0.05) is 19.5 Å². The first kappa shape index (κ1) is 22.6. The van der Waals surface area contributed by atoms with E-state index in [1.54, 1.807) is 4.90 Å². The molecule has 1 aliphatic rings. The number of nitrogens with one attached hydrogen (secondary N) is 2. The number of anilines is 2. The van der Waals surface area contributed by atoms with Crippen LogP contribution in [0.5, 0.6) is 0 Å². The normalized spacial score (nSPS) is 17.8. The molecule has 0 bridgehead atoms. The summed E-state index contributed by atoms with van der Waals surface area (Å²) >= 11 is 0. The van der Waals surface area contributed by atoms with Crippen LogP contribution in [0.25, 0.3) is 0 Å². The van der Waals surface area contributed by atoms with Gasteiger partial charge in [0.15, 0.2) is 0 Å². The van der Waals surface area contributed by atoms with E-state index in [0.29, 0.717) is 24.3 Å². The number of fused-ring (bicyclic) bond motifs is 1. The average molecular weight is 425 g/mol. The van der Waals surface area contributed by atoms with Crippen molar-refractivity contribution >= 4 is 23.5 Å². The van der Waals surface area contributed by atoms with E-state index < -0.39 is 0 Å². The minimum absolute atomic E-state index is 0.0834. The number of carbonyl (C=O) groups is 2. The van der Waals surface area contributed by atoms with Crippen molar-refractivity contribution in [2.45, 2.75) is 72.2 Å². The van der Waals surface area contributed by atoms with Crippen molar-refractivity contribution in [3.8, 4) is 0 Å². The van der Waals surface area contributed by atoms with Gasteiger partial charge in [-0.25, -0.2) is 9.78 Å². The number of rotatable bonds is 6. The van der Waals surface area contributed by atoms with Crippen LogP contribution < -0.4 is 15.5 Å². The summed E-state index contributed by atoms with van der Waals surface area (Å²) in [6.45, 7) is 9.81. The van der Waals surface area contributed by atoms with Gasteiger partial charge in [0.1, 0.15) is 5.82 Å². The molecule has 2 N–H and O–H groups in total. The van der Waals surface area contributed by atoms with Crippen molar-refractivity contribution < 1.29 is 14.3 Å². The fourth-order valence-electron chi connectivity index (χ4n) is 3.94. The van der Waals surface area contributed by atoms with Crippen molar-refractivity contribution in [2.75, 3.05) is 10.2 Å². The Bertz CT molecular complexity index is 930. The lowest BCUT2D eigenvalue weighted by Gasteiger charge is -2.40. The van der Waals surface area contributed by atoms with Crippen molar-refractivity contribution in [1.82, 2.24) is 10.3 Å². The third-order valence-corrected chi connectivity index (χ3v) is 5.37. The summed E-state index contributed by atoms with van der Waals surface area (Å²) in [7, 11) is 0. The highest BCUT2D eigenvalue weighted by atomic mass is 16.6. The SMILES string of the molecule is CC[C@@H]1C[C@H](NC(C)=O)c2nc(NCc3ccccc3)c(C)cc2N1C(=O)OC(C)C. The minimum atomic E-state index is -0.379. The van der Waals surface area contributed by atoms with E-state index in [4.69, 9.17) is 9.72 Å². The van der Waals surface area contributed by atoms with Crippen LogP contribution >= 0.6 is 0 Å². The van der Waals surface area contributed by atoms with E-state index in [9.17, 15) is 9.59 Å². The number of hydrogen-bond acceptors (Lipinski definition) is 5. The molecule has 3 rings (SSSR count). The molecule has 0 aliphatic carbocycles. The maximum absolute atomic E-state index is 12.9. The molecule has 0 fully saturated rings. The van der Waals surface area contributed by atoms with Crippen molar-refractivity contribution in [3.63, 3.8) is 0 Å². The van der Waals surface area contributed by atoms with Gasteiger partial charge in [0.25, 0.3) is 0 Å². The number of pyridine rings is 1. The second-order valence-electron chi connectivity index (χ2n) is 8.25. The van der Waals surface area contributed by atoms with E-state index in [-0.39, 0.29) is 30.2 Å². The predicted octanol–water partition coefficient (Wildman–Crippen LogP) is 4.71. The zero-order chi connectivity index (χ0) is 22.5. The lowest BCUT2D eigenvalue weighted by molar-refractivity contribution is -0.119. The van der Waals surface area contributed by atoms with E-state index >= 15 is 0 Å². The maximum atomic E-state index is 12.9. The van der Waals surface area contributed by atoms with Crippen molar-refractivity contribution in [3.05, 3.63) is 53.2 Å². The van der Waals surface area contributed by atoms with Crippen LogP contribution in [0.4, 0.5) is 16.3 Å². The fraction of sp³-hybridized carbons (Fsp3) is 0.458. The van der Waals surface area contributed by atoms with Crippen LogP contribution in [0.15, 0.2) is 36.4 Å². The van der Waals surface area contributed by atoms with Gasteiger partial charge in [-0.3, -0.25) is 9.69 Å². The Balaban J connectivity index is 1.99. The molecule has 2 heterocycles. The molecule has 0 saturated heterocycles. The van der Waals surface area contributed by atoms with E-state index in [2.05, 4.69) is 22.8 Å². The number of hydrogen-bond donors (Lipinski definition) is 2. The third-order valence-electron chi connectivity index (χ3n) is 5.37. The molecule has 1 aromatic heterocycles. The zero-order valence-electron chi connectivity index (χ0n) is 18.9. The Labute approximate surface area is 184 Å². The molecule has 7 heteroatoms. The summed E-state index contributed by atoms with van der Waals surface area (Å²) in [5.74, 6) is 0.621. The van der Waals surface area contributed by atoms with E-state index in [0.717, 1.165) is 23.4 Å². The monoisotopic (exact) mass is 424 g/mol. The average Bonchev–Trinajstić information content (AvgIpc) is 2.71. The van der Waals surface area contributed by atoms with E-state index in [1.807, 2.05) is 52.0 Å². The van der Waals surface area contributed by atoms with Crippen LogP contribution in [0.3, 0.4) is 0 Å². The standard InChI is InChI=1S/C24H32N4O3/c1-6-19-13-20(26-17(5)29)22-21(28(19)24(30)31-15(2)3)12-16(4)23(27-22)25-14-18-10-8-7-9-11-18/h7-12,15,19-20H,6,13-14H2,1-5H3,(H,25,27)(H,26,29)/t19-,20+/m1/s1. The van der Waals surface area contributed by atoms with Crippen LogP contribution in [0, 0.1) is 6.92 Å². The zero-order valence-corrected chi connectivity index (χ0v) is 18.9. The summed E-state index contributed by atoms with van der Waals surface area (Å²) in [6.07, 6.45) is 0.734. The molecule has 1 aliphatic heterocycles. The molecule has 2 atom stereocenters. The minimum Gasteiger partial charge on any atom is -0.446 e. The molecule has 0 radical (unpaired) electrons. The number of amides is 2. The quantitative estimate of drug-likeness (QED) is 0.701. The lowest BCUT2D eigenvalue weighted by atomic mass is 9.92. The van der Waals surface area contributed by atoms with Crippen molar-refractivity contribution in [2.24, 2.45) is 0 Å². The number of ether oxygens (including phenoxy) is 1. The number of aromatic nitrogens is 1. The third kappa shape index (κ3) is 5.34. The Morgan fingerprint density at radius 2 is 1.97 bits per heavy atom. The van der Waals surface area contributed by atoms with Gasteiger partial charge in [-0.15, -0.1) is 0 Å². The molecule has 0 spiro atoms. The second kappa shape index (κ2) is 9.81. The topological polar surface area (TPSA) is 83.6 Å². The van der Waals surface area contributed by atoms with Gasteiger partial charge in [0.2, 0.25) is 5.91 Å². The van der Waals surface area contributed by atoms with Gasteiger partial charge < -0.3 is 15.4 Å². The summed E-state index contributed by atoms with van der Waals surface area (Å²) in [6, 6.07) is 11.7. The Kier molecular flexibility index (Phi) is 7.15. The highest BCUT2D eigenvalue weighted by Gasteiger charge is 2.38.